The summed E-state index contributed by atoms with van der Waals surface area (Å²) in [7, 11) is 0. The molecule has 6 atom stereocenters. The molecule has 5 rings (SSSR count). The van der Waals surface area contributed by atoms with Crippen LogP contribution >= 0.6 is 0 Å². The number of carbonyl (C=O) groups is 2. The molecule has 1 aliphatic heterocycles. The molecular weight excluding hydrogens is 292 g/mol. The van der Waals surface area contributed by atoms with Gasteiger partial charge in [0.2, 0.25) is 0 Å². The number of urea groups is 1. The number of carboxylic acid groups (broad SMARTS) is 1. The zero-order valence-electron chi connectivity index (χ0n) is 12.8. The number of likely N-dealkylation sites (tertiary alicyclic amines) is 1. The highest BCUT2D eigenvalue weighted by atomic mass is 16.4. The Kier molecular flexibility index (Phi) is 2.49. The van der Waals surface area contributed by atoms with E-state index in [1.807, 2.05) is 23.1 Å². The normalized spacial score (nSPS) is 42.3. The zero-order chi connectivity index (χ0) is 15.8. The van der Waals surface area contributed by atoms with Gasteiger partial charge in [0.25, 0.3) is 0 Å². The Labute approximate surface area is 134 Å². The Balaban J connectivity index is 1.29. The molecule has 4 fully saturated rings. The van der Waals surface area contributed by atoms with Crippen LogP contribution in [0.1, 0.15) is 30.9 Å². The predicted octanol–water partition coefficient (Wildman–Crippen LogP) is 2.25. The van der Waals surface area contributed by atoms with Crippen LogP contribution in [0.5, 0.6) is 0 Å². The van der Waals surface area contributed by atoms with Crippen LogP contribution < -0.4 is 5.32 Å². The maximum Gasteiger partial charge on any atom is 0.318 e. The number of benzene rings is 1. The Bertz CT molecular complexity index is 691. The van der Waals surface area contributed by atoms with Crippen LogP contribution in [0.15, 0.2) is 30.3 Å². The Morgan fingerprint density at radius 2 is 2.00 bits per heavy atom. The molecule has 2 N–H and O–H groups in total. The molecule has 3 aliphatic carbocycles. The van der Waals surface area contributed by atoms with E-state index in [0.717, 1.165) is 13.0 Å². The highest BCUT2D eigenvalue weighted by Crippen LogP contribution is 2.67. The van der Waals surface area contributed by atoms with Gasteiger partial charge in [-0.15, -0.1) is 0 Å². The van der Waals surface area contributed by atoms with Gasteiger partial charge in [-0.3, -0.25) is 4.79 Å². The molecule has 0 aromatic heterocycles. The number of carbonyl (C=O) groups excluding carboxylic acids is 1. The molecule has 5 heteroatoms. The minimum atomic E-state index is -0.697. The van der Waals surface area contributed by atoms with Gasteiger partial charge < -0.3 is 15.3 Å². The van der Waals surface area contributed by atoms with Gasteiger partial charge in [-0.05, 0) is 42.6 Å². The number of amides is 2. The molecular formula is C18H20N2O3. The van der Waals surface area contributed by atoms with E-state index in [2.05, 4.69) is 17.4 Å². The summed E-state index contributed by atoms with van der Waals surface area (Å²) >= 11 is 0. The van der Waals surface area contributed by atoms with Crippen molar-refractivity contribution in [1.29, 1.82) is 0 Å². The lowest BCUT2D eigenvalue weighted by atomic mass is 9.80. The number of hydrogen-bond acceptors (Lipinski definition) is 2. The first-order valence-electron chi connectivity index (χ1n) is 8.45. The molecule has 4 aliphatic rings. The van der Waals surface area contributed by atoms with E-state index < -0.39 is 11.4 Å². The number of nitrogens with zero attached hydrogens (tertiary/aromatic N) is 1. The lowest BCUT2D eigenvalue weighted by Crippen LogP contribution is -2.52. The summed E-state index contributed by atoms with van der Waals surface area (Å²) in [6, 6.07) is 10.5. The van der Waals surface area contributed by atoms with Gasteiger partial charge >= 0.3 is 12.0 Å². The fourth-order valence-corrected chi connectivity index (χ4v) is 4.95. The second-order valence-electron chi connectivity index (χ2n) is 7.70. The highest BCUT2D eigenvalue weighted by molar-refractivity contribution is 5.83. The lowest BCUT2D eigenvalue weighted by molar-refractivity contribution is -0.147. The topological polar surface area (TPSA) is 69.6 Å². The summed E-state index contributed by atoms with van der Waals surface area (Å²) in [4.78, 5) is 25.9. The highest BCUT2D eigenvalue weighted by Gasteiger charge is 2.72. The smallest absolute Gasteiger partial charge is 0.318 e. The largest absolute Gasteiger partial charge is 0.481 e. The van der Waals surface area contributed by atoms with Crippen LogP contribution in [0.3, 0.4) is 0 Å². The van der Waals surface area contributed by atoms with Gasteiger partial charge in [0.1, 0.15) is 0 Å². The minimum Gasteiger partial charge on any atom is -0.481 e. The van der Waals surface area contributed by atoms with Crippen molar-refractivity contribution in [1.82, 2.24) is 10.2 Å². The van der Waals surface area contributed by atoms with Crippen molar-refractivity contribution < 1.29 is 14.7 Å². The van der Waals surface area contributed by atoms with Crippen molar-refractivity contribution in [2.45, 2.75) is 31.3 Å². The van der Waals surface area contributed by atoms with E-state index in [0.29, 0.717) is 18.3 Å². The van der Waals surface area contributed by atoms with Crippen molar-refractivity contribution in [3.05, 3.63) is 35.9 Å². The maximum atomic E-state index is 12.7. The molecule has 120 valence electrons. The molecule has 5 nitrogen and oxygen atoms in total. The monoisotopic (exact) mass is 312 g/mol. The molecule has 0 bridgehead atoms. The third-order valence-electron chi connectivity index (χ3n) is 6.49. The summed E-state index contributed by atoms with van der Waals surface area (Å²) in [5.41, 5.74) is 0.705. The fourth-order valence-electron chi connectivity index (χ4n) is 4.95. The van der Waals surface area contributed by atoms with E-state index in [1.54, 1.807) is 0 Å². The third-order valence-corrected chi connectivity index (χ3v) is 6.49. The Morgan fingerprint density at radius 1 is 1.22 bits per heavy atom. The average molecular weight is 312 g/mol. The number of carboxylic acids is 1. The van der Waals surface area contributed by atoms with Crippen molar-refractivity contribution in [2.24, 2.45) is 23.2 Å². The number of aliphatic carboxylic acids is 1. The van der Waals surface area contributed by atoms with Gasteiger partial charge in [0.15, 0.2) is 0 Å². The van der Waals surface area contributed by atoms with E-state index in [9.17, 15) is 14.7 Å². The van der Waals surface area contributed by atoms with Crippen LogP contribution in [0.4, 0.5) is 4.79 Å². The summed E-state index contributed by atoms with van der Waals surface area (Å²) < 4.78 is 0. The van der Waals surface area contributed by atoms with E-state index in [-0.39, 0.29) is 24.0 Å². The summed E-state index contributed by atoms with van der Waals surface area (Å²) in [5, 5.41) is 12.3. The van der Waals surface area contributed by atoms with Crippen molar-refractivity contribution in [3.63, 3.8) is 0 Å². The molecule has 1 heterocycles. The van der Waals surface area contributed by atoms with Crippen LogP contribution in [0, 0.1) is 23.2 Å². The lowest BCUT2D eigenvalue weighted by Gasteiger charge is -2.35. The first-order valence-corrected chi connectivity index (χ1v) is 8.45. The van der Waals surface area contributed by atoms with E-state index in [1.165, 1.54) is 12.0 Å². The van der Waals surface area contributed by atoms with Crippen molar-refractivity contribution >= 4 is 12.0 Å². The summed E-state index contributed by atoms with van der Waals surface area (Å²) in [6.45, 7) is 0.831. The number of fused-ring (bicyclic) bond motifs is 2. The van der Waals surface area contributed by atoms with Crippen molar-refractivity contribution in [3.8, 4) is 0 Å². The number of rotatable bonds is 3. The molecule has 0 unspecified atom stereocenters. The first-order chi connectivity index (χ1) is 11.1. The van der Waals surface area contributed by atoms with E-state index >= 15 is 0 Å². The maximum absolute atomic E-state index is 12.7. The van der Waals surface area contributed by atoms with Gasteiger partial charge in [-0.25, -0.2) is 4.79 Å². The van der Waals surface area contributed by atoms with Gasteiger partial charge in [0.05, 0.1) is 11.5 Å². The third kappa shape index (κ3) is 1.79. The molecule has 1 aromatic carbocycles. The van der Waals surface area contributed by atoms with Crippen molar-refractivity contribution in [2.75, 3.05) is 6.54 Å². The zero-order valence-corrected chi connectivity index (χ0v) is 12.8. The molecule has 2 amide bonds. The van der Waals surface area contributed by atoms with Gasteiger partial charge in [-0.1, -0.05) is 30.3 Å². The number of piperidine rings is 1. The fraction of sp³-hybridized carbons (Fsp3) is 0.556. The number of nitrogens with one attached hydrogen (secondary N) is 1. The standard InChI is InChI=1S/C18H20N2O3/c21-16(22)18-7-13(18)14(8-18)19-17(23)20-9-11-6-12(11)15(20)10-4-2-1-3-5-10/h1-5,11-15H,6-9H2,(H,19,23)(H,21,22)/t11-,12-,13-,14-,15-,18-/m0/s1. The van der Waals surface area contributed by atoms with Crippen LogP contribution in [0.2, 0.25) is 0 Å². The van der Waals surface area contributed by atoms with Crippen LogP contribution in [-0.4, -0.2) is 34.6 Å². The van der Waals surface area contributed by atoms with Crippen LogP contribution in [0.25, 0.3) is 0 Å². The molecule has 23 heavy (non-hydrogen) atoms. The summed E-state index contributed by atoms with van der Waals surface area (Å²) in [5.74, 6) is 0.698. The van der Waals surface area contributed by atoms with E-state index in [4.69, 9.17) is 0 Å². The molecule has 3 saturated carbocycles. The van der Waals surface area contributed by atoms with Gasteiger partial charge in [-0.2, -0.15) is 0 Å². The summed E-state index contributed by atoms with van der Waals surface area (Å²) in [6.07, 6.45) is 2.54. The minimum absolute atomic E-state index is 0.0121. The average Bonchev–Trinajstić information content (AvgIpc) is 3.39. The first kappa shape index (κ1) is 13.4. The second kappa shape index (κ2) is 4.28. The molecule has 0 radical (unpaired) electrons. The Hall–Kier alpha value is -2.04. The predicted molar refractivity (Wildman–Crippen MR) is 82.6 cm³/mol. The van der Waals surface area contributed by atoms with Gasteiger partial charge in [0, 0.05) is 12.6 Å². The molecule has 1 aromatic rings. The molecule has 0 spiro atoms. The number of hydrogen-bond donors (Lipinski definition) is 2. The SMILES string of the molecule is O=C(N[C@H]1C[C@@]2(C(=O)O)C[C@@H]12)N1C[C@@H]2C[C@@H]2[C@@H]1c1ccccc1. The molecule has 1 saturated heterocycles. The van der Waals surface area contributed by atoms with Crippen LogP contribution in [-0.2, 0) is 4.79 Å². The Morgan fingerprint density at radius 3 is 2.65 bits per heavy atom. The second-order valence-corrected chi connectivity index (χ2v) is 7.70. The quantitative estimate of drug-likeness (QED) is 0.899.